The molecule has 0 aliphatic heterocycles. The van der Waals surface area contributed by atoms with E-state index in [0.717, 1.165) is 16.9 Å². The van der Waals surface area contributed by atoms with Crippen LogP contribution in [0.4, 0.5) is 5.69 Å². The number of benzene rings is 1. The Bertz CT molecular complexity index is 710. The van der Waals surface area contributed by atoms with E-state index in [1.165, 1.54) is 10.6 Å². The number of aryl methyl sites for hydroxylation is 1. The van der Waals surface area contributed by atoms with Crippen molar-refractivity contribution in [1.29, 1.82) is 0 Å². The molecule has 0 bridgehead atoms. The molecular formula is C19H32N2O3S2. The second-order valence-electron chi connectivity index (χ2n) is 7.47. The molecule has 7 heteroatoms. The van der Waals surface area contributed by atoms with E-state index in [1.807, 2.05) is 32.0 Å². The molecule has 0 atom stereocenters. The van der Waals surface area contributed by atoms with Crippen LogP contribution in [-0.4, -0.2) is 44.2 Å². The number of carbonyl (C=O) groups excluding carboxylic acids is 1. The average molecular weight is 401 g/mol. The number of sulfonamides is 1. The van der Waals surface area contributed by atoms with Crippen molar-refractivity contribution in [2.24, 2.45) is 0 Å². The molecular weight excluding hydrogens is 368 g/mol. The van der Waals surface area contributed by atoms with Gasteiger partial charge in [0.1, 0.15) is 0 Å². The van der Waals surface area contributed by atoms with Crippen LogP contribution in [0.25, 0.3) is 0 Å². The van der Waals surface area contributed by atoms with Gasteiger partial charge in [-0.3, -0.25) is 9.10 Å². The van der Waals surface area contributed by atoms with Crippen LogP contribution in [0.3, 0.4) is 0 Å². The molecule has 148 valence electrons. The standard InChI is InChI=1S/C19H32N2O3S2/c1-15-9-7-10-17(16(15)2)21(26(6,23)24)13-8-11-18(22)20-12-14-25-19(3,4)5/h7,9-10H,8,11-14H2,1-6H3,(H,20,22). The highest BCUT2D eigenvalue weighted by Gasteiger charge is 2.19. The van der Waals surface area contributed by atoms with Gasteiger partial charge in [0.2, 0.25) is 15.9 Å². The van der Waals surface area contributed by atoms with E-state index < -0.39 is 10.0 Å². The normalized spacial score (nSPS) is 12.1. The number of anilines is 1. The number of amides is 1. The Hall–Kier alpha value is -1.21. The Labute approximate surface area is 163 Å². The second kappa shape index (κ2) is 9.65. The summed E-state index contributed by atoms with van der Waals surface area (Å²) in [7, 11) is -3.39. The molecule has 1 aromatic rings. The van der Waals surface area contributed by atoms with Crippen molar-refractivity contribution in [3.8, 4) is 0 Å². The lowest BCUT2D eigenvalue weighted by Crippen LogP contribution is -2.33. The number of nitrogens with zero attached hydrogens (tertiary/aromatic N) is 1. The zero-order chi connectivity index (χ0) is 20.0. The van der Waals surface area contributed by atoms with Crippen LogP contribution in [-0.2, 0) is 14.8 Å². The molecule has 1 rings (SSSR count). The number of carbonyl (C=O) groups is 1. The minimum atomic E-state index is -3.39. The molecule has 5 nitrogen and oxygen atoms in total. The van der Waals surface area contributed by atoms with E-state index in [2.05, 4.69) is 26.1 Å². The van der Waals surface area contributed by atoms with Crippen molar-refractivity contribution in [1.82, 2.24) is 5.32 Å². The summed E-state index contributed by atoms with van der Waals surface area (Å²) in [5.74, 6) is 0.835. The van der Waals surface area contributed by atoms with Crippen LogP contribution >= 0.6 is 11.8 Å². The van der Waals surface area contributed by atoms with Gasteiger partial charge < -0.3 is 5.32 Å². The lowest BCUT2D eigenvalue weighted by Gasteiger charge is -2.25. The van der Waals surface area contributed by atoms with Gasteiger partial charge in [-0.05, 0) is 37.5 Å². The lowest BCUT2D eigenvalue weighted by atomic mass is 10.1. The summed E-state index contributed by atoms with van der Waals surface area (Å²) in [6, 6.07) is 5.63. The first-order chi connectivity index (χ1) is 11.9. The van der Waals surface area contributed by atoms with Gasteiger partial charge in [0.15, 0.2) is 0 Å². The molecule has 0 unspecified atom stereocenters. The van der Waals surface area contributed by atoms with Crippen LogP contribution in [0.2, 0.25) is 0 Å². The van der Waals surface area contributed by atoms with Crippen LogP contribution in [0, 0.1) is 13.8 Å². The molecule has 0 heterocycles. The van der Waals surface area contributed by atoms with E-state index >= 15 is 0 Å². The fourth-order valence-corrected chi connectivity index (χ4v) is 4.32. The van der Waals surface area contributed by atoms with Gasteiger partial charge in [0, 0.05) is 30.0 Å². The van der Waals surface area contributed by atoms with E-state index in [4.69, 9.17) is 0 Å². The zero-order valence-electron chi connectivity index (χ0n) is 16.8. The highest BCUT2D eigenvalue weighted by atomic mass is 32.2. The van der Waals surface area contributed by atoms with Gasteiger partial charge in [0.05, 0.1) is 11.9 Å². The fraction of sp³-hybridized carbons (Fsp3) is 0.632. The Morgan fingerprint density at radius 2 is 1.88 bits per heavy atom. The SMILES string of the molecule is Cc1cccc(N(CCCC(=O)NCCSC(C)(C)C)S(C)(=O)=O)c1C. The molecule has 0 aromatic heterocycles. The van der Waals surface area contributed by atoms with Crippen molar-refractivity contribution in [3.05, 3.63) is 29.3 Å². The average Bonchev–Trinajstić information content (AvgIpc) is 2.49. The summed E-state index contributed by atoms with van der Waals surface area (Å²) in [4.78, 5) is 12.0. The molecule has 0 radical (unpaired) electrons. The van der Waals surface area contributed by atoms with Crippen LogP contribution < -0.4 is 9.62 Å². The van der Waals surface area contributed by atoms with Crippen LogP contribution in [0.1, 0.15) is 44.7 Å². The summed E-state index contributed by atoms with van der Waals surface area (Å²) in [5.41, 5.74) is 2.68. The maximum Gasteiger partial charge on any atom is 0.232 e. The van der Waals surface area contributed by atoms with Crippen LogP contribution in [0.15, 0.2) is 18.2 Å². The van der Waals surface area contributed by atoms with Crippen molar-refractivity contribution in [2.45, 2.75) is 52.2 Å². The van der Waals surface area contributed by atoms with Gasteiger partial charge in [-0.2, -0.15) is 11.8 Å². The monoisotopic (exact) mass is 400 g/mol. The molecule has 26 heavy (non-hydrogen) atoms. The molecule has 1 aromatic carbocycles. The summed E-state index contributed by atoms with van der Waals surface area (Å²) >= 11 is 1.81. The van der Waals surface area contributed by atoms with Crippen molar-refractivity contribution in [2.75, 3.05) is 29.4 Å². The number of rotatable bonds is 9. The van der Waals surface area contributed by atoms with Gasteiger partial charge >= 0.3 is 0 Å². The third-order valence-corrected chi connectivity index (χ3v) is 6.42. The molecule has 0 fully saturated rings. The quantitative estimate of drug-likeness (QED) is 0.644. The first-order valence-corrected chi connectivity index (χ1v) is 11.7. The fourth-order valence-electron chi connectivity index (χ4n) is 2.49. The second-order valence-corrected chi connectivity index (χ2v) is 11.3. The summed E-state index contributed by atoms with van der Waals surface area (Å²) in [6.45, 7) is 11.2. The molecule has 1 amide bonds. The largest absolute Gasteiger partial charge is 0.355 e. The lowest BCUT2D eigenvalue weighted by molar-refractivity contribution is -0.121. The van der Waals surface area contributed by atoms with E-state index in [-0.39, 0.29) is 10.7 Å². The summed E-state index contributed by atoms with van der Waals surface area (Å²) < 4.78 is 26.0. The maximum atomic E-state index is 12.2. The predicted molar refractivity (Wildman–Crippen MR) is 113 cm³/mol. The Balaban J connectivity index is 2.56. The molecule has 0 saturated carbocycles. The predicted octanol–water partition coefficient (Wildman–Crippen LogP) is 3.50. The Morgan fingerprint density at radius 3 is 2.46 bits per heavy atom. The third kappa shape index (κ3) is 7.99. The number of thioether (sulfide) groups is 1. The highest BCUT2D eigenvalue weighted by molar-refractivity contribution is 8.00. The minimum Gasteiger partial charge on any atom is -0.355 e. The van der Waals surface area contributed by atoms with Gasteiger partial charge in [-0.25, -0.2) is 8.42 Å². The van der Waals surface area contributed by atoms with Gasteiger partial charge in [-0.15, -0.1) is 0 Å². The van der Waals surface area contributed by atoms with Crippen molar-refractivity contribution in [3.63, 3.8) is 0 Å². The number of hydrogen-bond acceptors (Lipinski definition) is 4. The summed E-state index contributed by atoms with van der Waals surface area (Å²) in [6.07, 6.45) is 2.01. The molecule has 0 aliphatic rings. The van der Waals surface area contributed by atoms with E-state index in [1.54, 1.807) is 11.8 Å². The smallest absolute Gasteiger partial charge is 0.232 e. The van der Waals surface area contributed by atoms with Crippen molar-refractivity contribution < 1.29 is 13.2 Å². The molecule has 0 saturated heterocycles. The highest BCUT2D eigenvalue weighted by Crippen LogP contribution is 2.25. The minimum absolute atomic E-state index is 0.0334. The van der Waals surface area contributed by atoms with E-state index in [0.29, 0.717) is 31.6 Å². The van der Waals surface area contributed by atoms with E-state index in [9.17, 15) is 13.2 Å². The Morgan fingerprint density at radius 1 is 1.23 bits per heavy atom. The zero-order valence-corrected chi connectivity index (χ0v) is 18.4. The van der Waals surface area contributed by atoms with Crippen molar-refractivity contribution >= 4 is 33.4 Å². The molecule has 1 N–H and O–H groups in total. The van der Waals surface area contributed by atoms with Crippen LogP contribution in [0.5, 0.6) is 0 Å². The summed E-state index contributed by atoms with van der Waals surface area (Å²) in [5, 5.41) is 2.90. The number of hydrogen-bond donors (Lipinski definition) is 1. The first kappa shape index (κ1) is 22.8. The topological polar surface area (TPSA) is 66.5 Å². The maximum absolute atomic E-state index is 12.2. The molecule has 0 aliphatic carbocycles. The van der Waals surface area contributed by atoms with Gasteiger partial charge in [-0.1, -0.05) is 32.9 Å². The first-order valence-electron chi connectivity index (χ1n) is 8.86. The molecule has 0 spiro atoms. The third-order valence-electron chi connectivity index (χ3n) is 3.97. The number of nitrogens with one attached hydrogen (secondary N) is 1. The van der Waals surface area contributed by atoms with Gasteiger partial charge in [0.25, 0.3) is 0 Å². The Kier molecular flexibility index (Phi) is 8.47.